The number of nitrogens with zero attached hydrogens (tertiary/aromatic N) is 3. The van der Waals surface area contributed by atoms with Gasteiger partial charge < -0.3 is 14.8 Å². The fourth-order valence-electron chi connectivity index (χ4n) is 3.51. The van der Waals surface area contributed by atoms with Crippen LogP contribution in [0.4, 0.5) is 14.5 Å². The van der Waals surface area contributed by atoms with Crippen LogP contribution in [0.2, 0.25) is 0 Å². The lowest BCUT2D eigenvalue weighted by atomic mass is 10.1. The van der Waals surface area contributed by atoms with Gasteiger partial charge in [0.1, 0.15) is 17.5 Å². The summed E-state index contributed by atoms with van der Waals surface area (Å²) in [6, 6.07) is 10.5. The summed E-state index contributed by atoms with van der Waals surface area (Å²) in [5, 5.41) is 0. The van der Waals surface area contributed by atoms with Gasteiger partial charge in [0.25, 0.3) is 0 Å². The second kappa shape index (κ2) is 7.03. The van der Waals surface area contributed by atoms with Crippen molar-refractivity contribution in [3.63, 3.8) is 0 Å². The maximum absolute atomic E-state index is 13.5. The minimum Gasteiger partial charge on any atom is -0.340 e. The van der Waals surface area contributed by atoms with Crippen molar-refractivity contribution < 1.29 is 18.4 Å². The molecule has 1 unspecified atom stereocenters. The van der Waals surface area contributed by atoms with Gasteiger partial charge in [-0.25, -0.2) is 13.8 Å². The predicted molar refractivity (Wildman–Crippen MR) is 99.4 cm³/mol. The van der Waals surface area contributed by atoms with Gasteiger partial charge in [0.2, 0.25) is 11.8 Å². The Labute approximate surface area is 159 Å². The minimum atomic E-state index is -0.764. The summed E-state index contributed by atoms with van der Waals surface area (Å²) in [6.07, 6.45) is 0.00142. The normalized spacial score (nSPS) is 16.8. The summed E-state index contributed by atoms with van der Waals surface area (Å²) in [5.74, 6) is -2.01. The minimum absolute atomic E-state index is 0.00142. The lowest BCUT2D eigenvalue weighted by Crippen LogP contribution is -2.34. The Balaban J connectivity index is 1.46. The molecule has 2 amide bonds. The van der Waals surface area contributed by atoms with E-state index in [1.54, 1.807) is 7.05 Å². The van der Waals surface area contributed by atoms with Gasteiger partial charge >= 0.3 is 0 Å². The van der Waals surface area contributed by atoms with Crippen LogP contribution in [0.5, 0.6) is 0 Å². The second-order valence-electron chi connectivity index (χ2n) is 6.93. The summed E-state index contributed by atoms with van der Waals surface area (Å²) in [4.78, 5) is 35.5. The van der Waals surface area contributed by atoms with Crippen molar-refractivity contribution in [3.8, 4) is 0 Å². The van der Waals surface area contributed by atoms with Crippen LogP contribution in [-0.4, -0.2) is 40.3 Å². The number of imidazole rings is 1. The first-order valence-corrected chi connectivity index (χ1v) is 8.86. The summed E-state index contributed by atoms with van der Waals surface area (Å²) >= 11 is 0. The monoisotopic (exact) mass is 384 g/mol. The van der Waals surface area contributed by atoms with E-state index in [0.717, 1.165) is 29.2 Å². The van der Waals surface area contributed by atoms with Gasteiger partial charge in [0.15, 0.2) is 0 Å². The van der Waals surface area contributed by atoms with Gasteiger partial charge in [-0.05, 0) is 24.3 Å². The number of aromatic amines is 1. The molecule has 1 aliphatic rings. The van der Waals surface area contributed by atoms with Crippen LogP contribution in [0.25, 0.3) is 11.0 Å². The number of halogens is 2. The highest BCUT2D eigenvalue weighted by Gasteiger charge is 2.37. The van der Waals surface area contributed by atoms with E-state index in [9.17, 15) is 18.4 Å². The van der Waals surface area contributed by atoms with Crippen molar-refractivity contribution in [1.29, 1.82) is 0 Å². The predicted octanol–water partition coefficient (Wildman–Crippen LogP) is 2.85. The Bertz CT molecular complexity index is 1010. The number of carbonyl (C=O) groups excluding carboxylic acids is 2. The van der Waals surface area contributed by atoms with E-state index in [4.69, 9.17) is 0 Å². The van der Waals surface area contributed by atoms with E-state index in [1.165, 1.54) is 9.80 Å². The van der Waals surface area contributed by atoms with Crippen molar-refractivity contribution >= 4 is 28.5 Å². The molecule has 2 aromatic carbocycles. The zero-order valence-electron chi connectivity index (χ0n) is 15.2. The fourth-order valence-corrected chi connectivity index (χ4v) is 3.51. The third-order valence-electron chi connectivity index (χ3n) is 4.83. The van der Waals surface area contributed by atoms with Crippen LogP contribution >= 0.6 is 0 Å². The first-order valence-electron chi connectivity index (χ1n) is 8.86. The molecular weight excluding hydrogens is 366 g/mol. The van der Waals surface area contributed by atoms with Crippen LogP contribution in [0.15, 0.2) is 42.5 Å². The van der Waals surface area contributed by atoms with Crippen molar-refractivity contribution in [3.05, 3.63) is 59.9 Å². The van der Waals surface area contributed by atoms with Gasteiger partial charge in [-0.3, -0.25) is 9.59 Å². The zero-order valence-corrected chi connectivity index (χ0v) is 15.2. The summed E-state index contributed by atoms with van der Waals surface area (Å²) in [6.45, 7) is 0.359. The number of fused-ring (bicyclic) bond motifs is 1. The number of nitrogens with one attached hydrogen (secondary N) is 1. The molecule has 8 heteroatoms. The van der Waals surface area contributed by atoms with E-state index in [1.807, 2.05) is 24.3 Å². The van der Waals surface area contributed by atoms with Crippen LogP contribution in [0.3, 0.4) is 0 Å². The molecule has 1 saturated heterocycles. The highest BCUT2D eigenvalue weighted by Crippen LogP contribution is 2.27. The molecule has 1 N–H and O–H groups in total. The van der Waals surface area contributed by atoms with E-state index in [-0.39, 0.29) is 37.0 Å². The first kappa shape index (κ1) is 18.1. The average molecular weight is 384 g/mol. The van der Waals surface area contributed by atoms with Gasteiger partial charge in [-0.15, -0.1) is 0 Å². The molecule has 28 heavy (non-hydrogen) atoms. The number of hydrogen-bond acceptors (Lipinski definition) is 3. The lowest BCUT2D eigenvalue weighted by Gasteiger charge is -2.20. The molecule has 3 aromatic rings. The van der Waals surface area contributed by atoms with Gasteiger partial charge in [0, 0.05) is 31.8 Å². The van der Waals surface area contributed by atoms with E-state index in [0.29, 0.717) is 5.82 Å². The van der Waals surface area contributed by atoms with E-state index >= 15 is 0 Å². The molecular formula is C20H18F2N4O2. The molecule has 2 heterocycles. The Morgan fingerprint density at radius 3 is 2.68 bits per heavy atom. The van der Waals surface area contributed by atoms with Crippen LogP contribution in [0.1, 0.15) is 12.2 Å². The Morgan fingerprint density at radius 1 is 1.25 bits per heavy atom. The Morgan fingerprint density at radius 2 is 1.96 bits per heavy atom. The number of carbonyl (C=O) groups is 2. The Kier molecular flexibility index (Phi) is 4.54. The summed E-state index contributed by atoms with van der Waals surface area (Å²) < 4.78 is 26.9. The van der Waals surface area contributed by atoms with Crippen molar-refractivity contribution in [1.82, 2.24) is 14.9 Å². The van der Waals surface area contributed by atoms with Crippen molar-refractivity contribution in [2.24, 2.45) is 5.92 Å². The highest BCUT2D eigenvalue weighted by atomic mass is 19.1. The molecule has 144 valence electrons. The molecule has 1 atom stereocenters. The third kappa shape index (κ3) is 3.45. The summed E-state index contributed by atoms with van der Waals surface area (Å²) in [5.41, 5.74) is 1.82. The van der Waals surface area contributed by atoms with Gasteiger partial charge in [0.05, 0.1) is 23.5 Å². The molecule has 6 nitrogen and oxygen atoms in total. The average Bonchev–Trinajstić information content (AvgIpc) is 3.22. The van der Waals surface area contributed by atoms with Gasteiger partial charge in [-0.2, -0.15) is 0 Å². The number of aromatic nitrogens is 2. The molecule has 1 aromatic heterocycles. The largest absolute Gasteiger partial charge is 0.340 e. The van der Waals surface area contributed by atoms with Gasteiger partial charge in [-0.1, -0.05) is 12.1 Å². The zero-order chi connectivity index (χ0) is 19.8. The van der Waals surface area contributed by atoms with E-state index < -0.39 is 17.6 Å². The molecule has 0 spiro atoms. The highest BCUT2D eigenvalue weighted by molar-refractivity contribution is 6.00. The molecule has 1 aliphatic heterocycles. The molecule has 4 rings (SSSR count). The molecule has 0 bridgehead atoms. The number of hydrogen-bond donors (Lipinski definition) is 1. The van der Waals surface area contributed by atoms with Crippen LogP contribution < -0.4 is 4.90 Å². The smallest absolute Gasteiger partial charge is 0.228 e. The number of anilines is 1. The summed E-state index contributed by atoms with van der Waals surface area (Å²) in [7, 11) is 1.64. The fraction of sp³-hybridized carbons (Fsp3) is 0.250. The molecule has 0 aliphatic carbocycles. The van der Waals surface area contributed by atoms with E-state index in [2.05, 4.69) is 9.97 Å². The number of amides is 2. The number of H-pyrrole nitrogens is 1. The topological polar surface area (TPSA) is 69.3 Å². The van der Waals surface area contributed by atoms with Crippen LogP contribution in [-0.2, 0) is 16.1 Å². The van der Waals surface area contributed by atoms with Crippen molar-refractivity contribution in [2.75, 3.05) is 18.5 Å². The number of rotatable bonds is 4. The maximum atomic E-state index is 13.5. The Hall–Kier alpha value is -3.29. The molecule has 1 fully saturated rings. The SMILES string of the molecule is CN(Cc1nc2ccccc2[nH]1)C(=O)C1CC(=O)N(c2cc(F)cc(F)c2)C1. The molecule has 0 saturated carbocycles. The quantitative estimate of drug-likeness (QED) is 0.752. The molecule has 0 radical (unpaired) electrons. The number of benzene rings is 2. The third-order valence-corrected chi connectivity index (χ3v) is 4.83. The standard InChI is InChI=1S/C20H18F2N4O2/c1-25(11-18-23-16-4-2-3-5-17(16)24-18)20(28)12-6-19(27)26(10-12)15-8-13(21)7-14(22)9-15/h2-5,7-9,12H,6,10-11H2,1H3,(H,23,24). The van der Waals surface area contributed by atoms with Crippen LogP contribution in [0, 0.1) is 17.6 Å². The maximum Gasteiger partial charge on any atom is 0.228 e. The second-order valence-corrected chi connectivity index (χ2v) is 6.93. The lowest BCUT2D eigenvalue weighted by molar-refractivity contribution is -0.135. The number of para-hydroxylation sites is 2. The van der Waals surface area contributed by atoms with Crippen molar-refractivity contribution in [2.45, 2.75) is 13.0 Å². The first-order chi connectivity index (χ1) is 13.4.